The Hall–Kier alpha value is -2.93. The first-order chi connectivity index (χ1) is 13.0. The second-order valence-electron chi connectivity index (χ2n) is 6.99. The summed E-state index contributed by atoms with van der Waals surface area (Å²) in [5.74, 6) is -0.411. The van der Waals surface area contributed by atoms with Crippen molar-refractivity contribution in [3.8, 4) is 16.9 Å². The highest BCUT2D eigenvalue weighted by Gasteiger charge is 2.38. The van der Waals surface area contributed by atoms with E-state index in [9.17, 15) is 9.59 Å². The van der Waals surface area contributed by atoms with Crippen LogP contribution < -0.4 is 10.1 Å². The molecule has 0 radical (unpaired) electrons. The monoisotopic (exact) mass is 368 g/mol. The van der Waals surface area contributed by atoms with E-state index in [1.54, 1.807) is 12.3 Å². The highest BCUT2D eigenvalue weighted by molar-refractivity contribution is 5.96. The van der Waals surface area contributed by atoms with Crippen molar-refractivity contribution in [1.29, 1.82) is 0 Å². The average molecular weight is 368 g/mol. The number of rotatable bonds is 5. The van der Waals surface area contributed by atoms with Crippen LogP contribution in [0.3, 0.4) is 0 Å². The number of amides is 1. The molecule has 2 N–H and O–H groups in total. The standard InChI is InChI=1S/C20H20N2O5/c23-18(24)9-20(4-6-26-12-20)22-19(25)16-8-15(10-21-11-16)13-1-2-17-14(7-13)3-5-27-17/h1-2,7-8,10-11H,3-6,9,12H2,(H,22,25)(H,23,24). The number of hydrogen-bond acceptors (Lipinski definition) is 5. The number of nitrogens with one attached hydrogen (secondary N) is 1. The third kappa shape index (κ3) is 3.64. The fourth-order valence-corrected chi connectivity index (χ4v) is 3.58. The number of carbonyl (C=O) groups excluding carboxylic acids is 1. The van der Waals surface area contributed by atoms with E-state index in [1.807, 2.05) is 12.1 Å². The van der Waals surface area contributed by atoms with Crippen LogP contribution in [0.15, 0.2) is 36.7 Å². The molecule has 1 amide bonds. The van der Waals surface area contributed by atoms with E-state index in [1.165, 1.54) is 6.20 Å². The number of aliphatic carboxylic acids is 1. The summed E-state index contributed by atoms with van der Waals surface area (Å²) in [6, 6.07) is 7.70. The van der Waals surface area contributed by atoms with E-state index in [-0.39, 0.29) is 18.9 Å². The van der Waals surface area contributed by atoms with E-state index in [4.69, 9.17) is 14.6 Å². The number of nitrogens with zero attached hydrogens (tertiary/aromatic N) is 1. The van der Waals surface area contributed by atoms with Crippen molar-refractivity contribution in [3.63, 3.8) is 0 Å². The molecule has 1 unspecified atom stereocenters. The summed E-state index contributed by atoms with van der Waals surface area (Å²) >= 11 is 0. The fourth-order valence-electron chi connectivity index (χ4n) is 3.58. The van der Waals surface area contributed by atoms with Crippen LogP contribution in [0.4, 0.5) is 0 Å². The van der Waals surface area contributed by atoms with Gasteiger partial charge in [-0.25, -0.2) is 0 Å². The van der Waals surface area contributed by atoms with E-state index in [2.05, 4.69) is 16.4 Å². The van der Waals surface area contributed by atoms with Gasteiger partial charge in [-0.1, -0.05) is 6.07 Å². The second kappa shape index (κ2) is 7.00. The zero-order valence-electron chi connectivity index (χ0n) is 14.7. The Labute approximate surface area is 156 Å². The molecule has 2 aliphatic rings. The number of aromatic nitrogens is 1. The third-order valence-corrected chi connectivity index (χ3v) is 4.99. The first kappa shape index (κ1) is 17.5. The first-order valence-electron chi connectivity index (χ1n) is 8.88. The van der Waals surface area contributed by atoms with Crippen LogP contribution in [0, 0.1) is 0 Å². The highest BCUT2D eigenvalue weighted by atomic mass is 16.5. The summed E-state index contributed by atoms with van der Waals surface area (Å²) in [5.41, 5.74) is 2.45. The Morgan fingerprint density at radius 1 is 1.19 bits per heavy atom. The van der Waals surface area contributed by atoms with Crippen molar-refractivity contribution in [2.75, 3.05) is 19.8 Å². The van der Waals surface area contributed by atoms with Crippen LogP contribution in [-0.4, -0.2) is 47.3 Å². The van der Waals surface area contributed by atoms with Crippen molar-refractivity contribution in [2.24, 2.45) is 0 Å². The largest absolute Gasteiger partial charge is 0.493 e. The quantitative estimate of drug-likeness (QED) is 0.838. The maximum atomic E-state index is 12.7. The summed E-state index contributed by atoms with van der Waals surface area (Å²) in [6.07, 6.45) is 4.37. The molecule has 1 atom stereocenters. The Kier molecular flexibility index (Phi) is 4.53. The zero-order valence-corrected chi connectivity index (χ0v) is 14.7. The normalized spacial score (nSPS) is 20.7. The van der Waals surface area contributed by atoms with Gasteiger partial charge in [-0.3, -0.25) is 14.6 Å². The lowest BCUT2D eigenvalue weighted by Crippen LogP contribution is -2.50. The van der Waals surface area contributed by atoms with Crippen molar-refractivity contribution >= 4 is 11.9 Å². The lowest BCUT2D eigenvalue weighted by atomic mass is 9.93. The lowest BCUT2D eigenvalue weighted by molar-refractivity contribution is -0.138. The van der Waals surface area contributed by atoms with E-state index < -0.39 is 11.5 Å². The molecular formula is C20H20N2O5. The fraction of sp³-hybridized carbons (Fsp3) is 0.350. The van der Waals surface area contributed by atoms with Crippen molar-refractivity contribution in [3.05, 3.63) is 47.8 Å². The molecule has 140 valence electrons. The molecule has 7 nitrogen and oxygen atoms in total. The van der Waals surface area contributed by atoms with Gasteiger partial charge in [0.15, 0.2) is 0 Å². The van der Waals surface area contributed by atoms with Crippen LogP contribution in [0.1, 0.15) is 28.8 Å². The van der Waals surface area contributed by atoms with Gasteiger partial charge in [0.25, 0.3) is 5.91 Å². The molecule has 0 spiro atoms. The van der Waals surface area contributed by atoms with Gasteiger partial charge in [-0.05, 0) is 35.7 Å². The Bertz CT molecular complexity index is 890. The molecule has 1 fully saturated rings. The molecule has 1 aromatic carbocycles. The average Bonchev–Trinajstić information content (AvgIpc) is 3.30. The molecule has 0 bridgehead atoms. The Morgan fingerprint density at radius 2 is 2.07 bits per heavy atom. The molecule has 27 heavy (non-hydrogen) atoms. The van der Waals surface area contributed by atoms with Gasteiger partial charge in [0, 0.05) is 31.0 Å². The molecule has 2 aliphatic heterocycles. The Morgan fingerprint density at radius 3 is 2.85 bits per heavy atom. The van der Waals surface area contributed by atoms with Crippen molar-refractivity contribution in [2.45, 2.75) is 24.8 Å². The summed E-state index contributed by atoms with van der Waals surface area (Å²) in [7, 11) is 0. The van der Waals surface area contributed by atoms with E-state index in [0.29, 0.717) is 25.2 Å². The number of carboxylic acids is 1. The number of ether oxygens (including phenoxy) is 2. The number of pyridine rings is 1. The van der Waals surface area contributed by atoms with Gasteiger partial charge >= 0.3 is 5.97 Å². The summed E-state index contributed by atoms with van der Waals surface area (Å²) in [6.45, 7) is 1.32. The Balaban J connectivity index is 1.56. The maximum absolute atomic E-state index is 12.7. The molecule has 4 rings (SSSR count). The van der Waals surface area contributed by atoms with Crippen LogP contribution in [0.2, 0.25) is 0 Å². The number of carboxylic acid groups (broad SMARTS) is 1. The molecule has 1 saturated heterocycles. The maximum Gasteiger partial charge on any atom is 0.305 e. The van der Waals surface area contributed by atoms with E-state index in [0.717, 1.165) is 28.9 Å². The molecule has 1 aromatic heterocycles. The van der Waals surface area contributed by atoms with Crippen molar-refractivity contribution < 1.29 is 24.2 Å². The van der Waals surface area contributed by atoms with E-state index >= 15 is 0 Å². The zero-order chi connectivity index (χ0) is 18.9. The van der Waals surface area contributed by atoms with Gasteiger partial charge in [0.2, 0.25) is 0 Å². The van der Waals surface area contributed by atoms with Crippen LogP contribution in [0.25, 0.3) is 11.1 Å². The minimum atomic E-state index is -0.965. The highest BCUT2D eigenvalue weighted by Crippen LogP contribution is 2.30. The molecule has 0 aliphatic carbocycles. The summed E-state index contributed by atoms with van der Waals surface area (Å²) < 4.78 is 10.9. The van der Waals surface area contributed by atoms with Crippen LogP contribution in [0.5, 0.6) is 5.75 Å². The predicted molar refractivity (Wildman–Crippen MR) is 96.8 cm³/mol. The van der Waals surface area contributed by atoms with Gasteiger partial charge in [0.1, 0.15) is 5.75 Å². The molecule has 3 heterocycles. The van der Waals surface area contributed by atoms with Gasteiger partial charge in [-0.2, -0.15) is 0 Å². The minimum absolute atomic E-state index is 0.170. The third-order valence-electron chi connectivity index (χ3n) is 4.99. The van der Waals surface area contributed by atoms with Gasteiger partial charge < -0.3 is 19.9 Å². The van der Waals surface area contributed by atoms with Crippen molar-refractivity contribution in [1.82, 2.24) is 10.3 Å². The van der Waals surface area contributed by atoms with Gasteiger partial charge in [0.05, 0.1) is 30.7 Å². The summed E-state index contributed by atoms with van der Waals surface area (Å²) in [4.78, 5) is 28.1. The molecule has 0 saturated carbocycles. The summed E-state index contributed by atoms with van der Waals surface area (Å²) in [5, 5.41) is 12.0. The predicted octanol–water partition coefficient (Wildman–Crippen LogP) is 2.05. The number of benzene rings is 1. The van der Waals surface area contributed by atoms with Crippen LogP contribution in [-0.2, 0) is 16.0 Å². The number of carbonyl (C=O) groups is 2. The first-order valence-corrected chi connectivity index (χ1v) is 8.88. The molecule has 2 aromatic rings. The van der Waals surface area contributed by atoms with Crippen LogP contribution >= 0.6 is 0 Å². The number of fused-ring (bicyclic) bond motifs is 1. The smallest absolute Gasteiger partial charge is 0.305 e. The lowest BCUT2D eigenvalue weighted by Gasteiger charge is -2.27. The topological polar surface area (TPSA) is 97.8 Å². The second-order valence-corrected chi connectivity index (χ2v) is 6.99. The molecular weight excluding hydrogens is 348 g/mol. The number of hydrogen-bond donors (Lipinski definition) is 2. The van der Waals surface area contributed by atoms with Gasteiger partial charge in [-0.15, -0.1) is 0 Å². The minimum Gasteiger partial charge on any atom is -0.493 e. The molecule has 7 heteroatoms. The SMILES string of the molecule is O=C(O)CC1(NC(=O)c2cncc(-c3ccc4c(c3)CCO4)c2)CCOC1.